The molecular formula is C15H22Cl2N2O2. The number of nitrogens with one attached hydrogen (secondary N) is 1. The van der Waals surface area contributed by atoms with Gasteiger partial charge in [-0.3, -0.25) is 4.79 Å². The van der Waals surface area contributed by atoms with Gasteiger partial charge < -0.3 is 15.0 Å². The van der Waals surface area contributed by atoms with Crippen LogP contribution < -0.4 is 5.32 Å². The van der Waals surface area contributed by atoms with Crippen molar-refractivity contribution in [2.75, 3.05) is 19.7 Å². The highest BCUT2D eigenvalue weighted by Gasteiger charge is 2.31. The number of hydrogen-bond acceptors (Lipinski definition) is 3. The predicted molar refractivity (Wildman–Crippen MR) is 87.0 cm³/mol. The van der Waals surface area contributed by atoms with Crippen molar-refractivity contribution in [3.63, 3.8) is 0 Å². The van der Waals surface area contributed by atoms with Gasteiger partial charge >= 0.3 is 0 Å². The average molecular weight is 333 g/mol. The summed E-state index contributed by atoms with van der Waals surface area (Å²) in [7, 11) is 0. The van der Waals surface area contributed by atoms with Crippen LogP contribution in [0.3, 0.4) is 0 Å². The maximum absolute atomic E-state index is 12.6. The molecule has 0 saturated carbocycles. The van der Waals surface area contributed by atoms with E-state index >= 15 is 0 Å². The Kier molecular flexibility index (Phi) is 7.46. The molecule has 6 heteroatoms. The number of ether oxygens (including phenoxy) is 1. The van der Waals surface area contributed by atoms with Crippen LogP contribution >= 0.6 is 24.0 Å². The summed E-state index contributed by atoms with van der Waals surface area (Å²) in [4.78, 5) is 14.4. The molecule has 4 nitrogen and oxygen atoms in total. The summed E-state index contributed by atoms with van der Waals surface area (Å²) >= 11 is 5.88. The number of carbonyl (C=O) groups is 1. The van der Waals surface area contributed by atoms with Crippen LogP contribution in [0.25, 0.3) is 0 Å². The third-order valence-corrected chi connectivity index (χ3v) is 3.81. The number of nitrogens with zero attached hydrogens (tertiary/aromatic N) is 1. The molecule has 0 bridgehead atoms. The number of amides is 1. The van der Waals surface area contributed by atoms with Crippen LogP contribution in [0, 0.1) is 0 Å². The minimum absolute atomic E-state index is 0. The first kappa shape index (κ1) is 18.2. The van der Waals surface area contributed by atoms with Crippen molar-refractivity contribution in [1.29, 1.82) is 0 Å². The van der Waals surface area contributed by atoms with Gasteiger partial charge in [0.1, 0.15) is 6.04 Å². The second kappa shape index (κ2) is 8.59. The van der Waals surface area contributed by atoms with Gasteiger partial charge in [0.2, 0.25) is 5.91 Å². The fraction of sp³-hybridized carbons (Fsp3) is 0.533. The van der Waals surface area contributed by atoms with Crippen molar-refractivity contribution in [3.05, 3.63) is 34.9 Å². The van der Waals surface area contributed by atoms with Gasteiger partial charge in [-0.25, -0.2) is 0 Å². The molecular weight excluding hydrogens is 311 g/mol. The molecule has 118 valence electrons. The van der Waals surface area contributed by atoms with Crippen molar-refractivity contribution in [2.24, 2.45) is 0 Å². The molecule has 1 fully saturated rings. The van der Waals surface area contributed by atoms with Gasteiger partial charge in [-0.2, -0.15) is 0 Å². The predicted octanol–water partition coefficient (Wildman–Crippen LogP) is 2.49. The van der Waals surface area contributed by atoms with E-state index in [0.29, 0.717) is 24.7 Å². The molecule has 1 aromatic carbocycles. The number of halogens is 2. The molecule has 0 unspecified atom stereocenters. The summed E-state index contributed by atoms with van der Waals surface area (Å²) in [6.07, 6.45) is -0.0875. The number of morpholine rings is 1. The van der Waals surface area contributed by atoms with Gasteiger partial charge in [-0.15, -0.1) is 12.4 Å². The van der Waals surface area contributed by atoms with E-state index in [-0.39, 0.29) is 30.5 Å². The van der Waals surface area contributed by atoms with Gasteiger partial charge in [-0.1, -0.05) is 23.7 Å². The Morgan fingerprint density at radius 1 is 1.43 bits per heavy atom. The Morgan fingerprint density at radius 2 is 2.10 bits per heavy atom. The van der Waals surface area contributed by atoms with Gasteiger partial charge in [0.25, 0.3) is 0 Å². The highest BCUT2D eigenvalue weighted by molar-refractivity contribution is 6.30. The maximum atomic E-state index is 12.6. The third-order valence-electron chi connectivity index (χ3n) is 3.56. The Bertz CT molecular complexity index is 453. The summed E-state index contributed by atoms with van der Waals surface area (Å²) in [5, 5.41) is 3.95. The van der Waals surface area contributed by atoms with Crippen molar-refractivity contribution in [1.82, 2.24) is 10.2 Å². The monoisotopic (exact) mass is 332 g/mol. The minimum atomic E-state index is -0.254. The van der Waals surface area contributed by atoms with Crippen LogP contribution in [0.4, 0.5) is 0 Å². The molecule has 21 heavy (non-hydrogen) atoms. The summed E-state index contributed by atoms with van der Waals surface area (Å²) in [5.41, 5.74) is 1.08. The van der Waals surface area contributed by atoms with Crippen molar-refractivity contribution in [3.8, 4) is 0 Å². The largest absolute Gasteiger partial charge is 0.375 e. The second-order valence-electron chi connectivity index (χ2n) is 4.99. The van der Waals surface area contributed by atoms with Crippen LogP contribution in [0.2, 0.25) is 5.02 Å². The Labute approximate surface area is 137 Å². The lowest BCUT2D eigenvalue weighted by atomic mass is 10.1. The Hall–Kier alpha value is -0.810. The van der Waals surface area contributed by atoms with Gasteiger partial charge in [-0.05, 0) is 31.5 Å². The lowest BCUT2D eigenvalue weighted by molar-refractivity contribution is -0.139. The van der Waals surface area contributed by atoms with E-state index in [2.05, 4.69) is 5.32 Å². The standard InChI is InChI=1S/C15H21ClN2O2.ClH/c1-3-18(10-12-4-6-13(16)7-5-12)15(19)14-11(2)20-9-8-17-14;/h4-7,11,14,17H,3,8-10H2,1-2H3;1H/t11-,14+;/m1./s1. The van der Waals surface area contributed by atoms with Crippen LogP contribution in [-0.4, -0.2) is 42.6 Å². The molecule has 1 saturated heterocycles. The average Bonchev–Trinajstić information content (AvgIpc) is 2.46. The van der Waals surface area contributed by atoms with Crippen LogP contribution in [0.1, 0.15) is 19.4 Å². The Morgan fingerprint density at radius 3 is 2.67 bits per heavy atom. The Balaban J connectivity index is 0.00000220. The molecule has 1 aromatic rings. The van der Waals surface area contributed by atoms with Gasteiger partial charge in [0, 0.05) is 24.7 Å². The topological polar surface area (TPSA) is 41.6 Å². The van der Waals surface area contributed by atoms with Gasteiger partial charge in [0.15, 0.2) is 0 Å². The van der Waals surface area contributed by atoms with Crippen LogP contribution in [0.5, 0.6) is 0 Å². The zero-order valence-electron chi connectivity index (χ0n) is 12.3. The van der Waals surface area contributed by atoms with E-state index in [0.717, 1.165) is 12.1 Å². The fourth-order valence-corrected chi connectivity index (χ4v) is 2.49. The summed E-state index contributed by atoms with van der Waals surface area (Å²) in [6.45, 7) is 6.57. The first-order valence-electron chi connectivity index (χ1n) is 7.00. The van der Waals surface area contributed by atoms with Gasteiger partial charge in [0.05, 0.1) is 12.7 Å². The van der Waals surface area contributed by atoms with E-state index in [4.69, 9.17) is 16.3 Å². The fourth-order valence-electron chi connectivity index (χ4n) is 2.36. The van der Waals surface area contributed by atoms with E-state index in [1.54, 1.807) is 0 Å². The molecule has 2 atom stereocenters. The molecule has 0 aliphatic carbocycles. The highest BCUT2D eigenvalue weighted by Crippen LogP contribution is 2.14. The number of rotatable bonds is 4. The number of likely N-dealkylation sites (N-methyl/N-ethyl adjacent to an activating group) is 1. The lowest BCUT2D eigenvalue weighted by Crippen LogP contribution is -2.56. The first-order chi connectivity index (χ1) is 9.61. The molecule has 1 amide bonds. The van der Waals surface area contributed by atoms with E-state index in [9.17, 15) is 4.79 Å². The van der Waals surface area contributed by atoms with Crippen LogP contribution in [0.15, 0.2) is 24.3 Å². The van der Waals surface area contributed by atoms with Crippen LogP contribution in [-0.2, 0) is 16.1 Å². The highest BCUT2D eigenvalue weighted by atomic mass is 35.5. The van der Waals surface area contributed by atoms with Crippen molar-refractivity contribution < 1.29 is 9.53 Å². The normalized spacial score (nSPS) is 21.5. The summed E-state index contributed by atoms with van der Waals surface area (Å²) in [6, 6.07) is 7.34. The van der Waals surface area contributed by atoms with E-state index in [1.807, 2.05) is 43.0 Å². The molecule has 0 radical (unpaired) electrons. The SMILES string of the molecule is CCN(Cc1ccc(Cl)cc1)C(=O)[C@H]1NCCO[C@@H]1C.Cl. The molecule has 0 aromatic heterocycles. The number of hydrogen-bond donors (Lipinski definition) is 1. The van der Waals surface area contributed by atoms with E-state index in [1.165, 1.54) is 0 Å². The third kappa shape index (κ3) is 4.85. The summed E-state index contributed by atoms with van der Waals surface area (Å²) < 4.78 is 5.54. The molecule has 1 heterocycles. The van der Waals surface area contributed by atoms with Crippen molar-refractivity contribution >= 4 is 29.9 Å². The number of benzene rings is 1. The molecule has 1 aliphatic heterocycles. The molecule has 1 N–H and O–H groups in total. The maximum Gasteiger partial charge on any atom is 0.242 e. The quantitative estimate of drug-likeness (QED) is 0.920. The lowest BCUT2D eigenvalue weighted by Gasteiger charge is -2.33. The first-order valence-corrected chi connectivity index (χ1v) is 7.38. The van der Waals surface area contributed by atoms with E-state index < -0.39 is 0 Å². The smallest absolute Gasteiger partial charge is 0.242 e. The molecule has 2 rings (SSSR count). The zero-order chi connectivity index (χ0) is 14.5. The summed E-state index contributed by atoms with van der Waals surface area (Å²) in [5.74, 6) is 0.0923. The molecule has 0 spiro atoms. The zero-order valence-corrected chi connectivity index (χ0v) is 13.9. The van der Waals surface area contributed by atoms with Crippen molar-refractivity contribution in [2.45, 2.75) is 32.5 Å². The molecule has 1 aliphatic rings. The second-order valence-corrected chi connectivity index (χ2v) is 5.42. The minimum Gasteiger partial charge on any atom is -0.375 e. The number of carbonyl (C=O) groups excluding carboxylic acids is 1.